The monoisotopic (exact) mass is 474 g/mol. The number of hydrogen-bond acceptors (Lipinski definition) is 6. The first-order chi connectivity index (χ1) is 15.2. The smallest absolute Gasteiger partial charge is 0.344 e. The molecule has 0 unspecified atom stereocenters. The predicted molar refractivity (Wildman–Crippen MR) is 114 cm³/mol. The van der Waals surface area contributed by atoms with Gasteiger partial charge in [0.15, 0.2) is 5.56 Å². The van der Waals surface area contributed by atoms with Gasteiger partial charge in [0.05, 0.1) is 5.56 Å². The maximum absolute atomic E-state index is 13.7. The fraction of sp³-hybridized carbons (Fsp3) is 0.450. The number of hydrogen-bond donors (Lipinski definition) is 3. The van der Waals surface area contributed by atoms with Crippen LogP contribution in [0.25, 0.3) is 0 Å². The number of halogens is 3. The van der Waals surface area contributed by atoms with Crippen LogP contribution in [0.15, 0.2) is 12.1 Å². The molecule has 0 bridgehead atoms. The molecule has 0 aliphatic heterocycles. The Kier molecular flexibility index (Phi) is 9.72. The molecule has 0 aliphatic carbocycles. The summed E-state index contributed by atoms with van der Waals surface area (Å²) in [7, 11) is 4.01. The molecule has 0 atom stereocenters. The van der Waals surface area contributed by atoms with E-state index < -0.39 is 53.1 Å². The minimum atomic E-state index is -1.44. The van der Waals surface area contributed by atoms with Crippen molar-refractivity contribution in [3.8, 4) is 5.88 Å². The van der Waals surface area contributed by atoms with Crippen molar-refractivity contribution in [1.82, 2.24) is 14.6 Å². The molecule has 12 heteroatoms. The second-order valence-electron chi connectivity index (χ2n) is 7.23. The number of nitrogens with zero attached hydrogens (tertiary/aromatic N) is 2. The van der Waals surface area contributed by atoms with Crippen LogP contribution in [-0.4, -0.2) is 53.6 Å². The van der Waals surface area contributed by atoms with Gasteiger partial charge < -0.3 is 20.1 Å². The average molecular weight is 475 g/mol. The third-order valence-electron chi connectivity index (χ3n) is 4.38. The topological polar surface area (TPSA) is 104 Å². The number of benzene rings is 1. The summed E-state index contributed by atoms with van der Waals surface area (Å²) in [5.41, 5.74) is -1.02. The minimum Gasteiger partial charge on any atom is -0.477 e. The number of carbonyl (C=O) groups is 2. The highest BCUT2D eigenvalue weighted by Gasteiger charge is 2.24. The molecule has 1 aromatic heterocycles. The number of urea groups is 1. The van der Waals surface area contributed by atoms with E-state index in [1.54, 1.807) is 0 Å². The number of aromatic carboxylic acids is 1. The Hall–Kier alpha value is -2.86. The zero-order valence-electron chi connectivity index (χ0n) is 17.7. The Morgan fingerprint density at radius 3 is 2.41 bits per heavy atom. The van der Waals surface area contributed by atoms with Crippen LogP contribution in [0.1, 0.15) is 41.6 Å². The van der Waals surface area contributed by atoms with Gasteiger partial charge in [-0.05, 0) is 45.0 Å². The van der Waals surface area contributed by atoms with E-state index in [0.29, 0.717) is 30.2 Å². The number of aromatic nitrogens is 1. The Bertz CT molecular complexity index is 917. The van der Waals surface area contributed by atoms with Crippen molar-refractivity contribution in [3.05, 3.63) is 40.7 Å². The molecule has 2 rings (SSSR count). The minimum absolute atomic E-state index is 0.0870. The second kappa shape index (κ2) is 12.2. The van der Waals surface area contributed by atoms with Crippen LogP contribution in [0, 0.1) is 17.5 Å². The van der Waals surface area contributed by atoms with Gasteiger partial charge in [-0.3, -0.25) is 5.32 Å². The van der Waals surface area contributed by atoms with Crippen LogP contribution >= 0.6 is 11.5 Å². The zero-order chi connectivity index (χ0) is 23.7. The van der Waals surface area contributed by atoms with E-state index in [1.807, 2.05) is 14.1 Å². The quantitative estimate of drug-likeness (QED) is 0.401. The van der Waals surface area contributed by atoms with Crippen LogP contribution in [0.5, 0.6) is 5.88 Å². The first-order valence-electron chi connectivity index (χ1n) is 9.87. The summed E-state index contributed by atoms with van der Waals surface area (Å²) in [5.74, 6) is -5.29. The molecule has 0 saturated carbocycles. The fourth-order valence-electron chi connectivity index (χ4n) is 2.75. The van der Waals surface area contributed by atoms with Gasteiger partial charge in [-0.2, -0.15) is 4.37 Å². The van der Waals surface area contributed by atoms with E-state index >= 15 is 0 Å². The van der Waals surface area contributed by atoms with Crippen molar-refractivity contribution >= 4 is 28.5 Å². The first kappa shape index (κ1) is 25.4. The molecule has 32 heavy (non-hydrogen) atoms. The van der Waals surface area contributed by atoms with Gasteiger partial charge in [0.2, 0.25) is 5.88 Å². The lowest BCUT2D eigenvalue weighted by atomic mass is 10.2. The number of carboxylic acid groups (broad SMARTS) is 1. The number of carboxylic acids is 1. The van der Waals surface area contributed by atoms with Crippen molar-refractivity contribution in [2.45, 2.75) is 32.3 Å². The van der Waals surface area contributed by atoms with Gasteiger partial charge in [-0.15, -0.1) is 0 Å². The number of ether oxygens (including phenoxy) is 1. The maximum Gasteiger partial charge on any atom is 0.344 e. The predicted octanol–water partition coefficient (Wildman–Crippen LogP) is 4.08. The van der Waals surface area contributed by atoms with Crippen molar-refractivity contribution in [2.24, 2.45) is 0 Å². The molecule has 0 spiro atoms. The molecule has 8 nitrogen and oxygen atoms in total. The summed E-state index contributed by atoms with van der Waals surface area (Å²) in [4.78, 5) is 25.8. The average Bonchev–Trinajstić information content (AvgIpc) is 3.08. The van der Waals surface area contributed by atoms with Crippen molar-refractivity contribution in [2.75, 3.05) is 32.5 Å². The molecule has 3 N–H and O–H groups in total. The lowest BCUT2D eigenvalue weighted by molar-refractivity contribution is 0.0693. The molecule has 0 saturated heterocycles. The van der Waals surface area contributed by atoms with Gasteiger partial charge in [0.1, 0.15) is 29.1 Å². The highest BCUT2D eigenvalue weighted by Crippen LogP contribution is 2.31. The largest absolute Gasteiger partial charge is 0.477 e. The lowest BCUT2D eigenvalue weighted by Gasteiger charge is -2.09. The van der Waals surface area contributed by atoms with Crippen molar-refractivity contribution in [3.63, 3.8) is 0 Å². The van der Waals surface area contributed by atoms with Crippen LogP contribution in [0.2, 0.25) is 0 Å². The van der Waals surface area contributed by atoms with Gasteiger partial charge in [0.25, 0.3) is 0 Å². The van der Waals surface area contributed by atoms with E-state index in [2.05, 4.69) is 19.9 Å². The number of unbranched alkanes of at least 4 members (excludes halogenated alkanes) is 3. The second-order valence-corrected chi connectivity index (χ2v) is 8.01. The molecule has 0 aliphatic rings. The summed E-state index contributed by atoms with van der Waals surface area (Å²) < 4.78 is 49.4. The van der Waals surface area contributed by atoms with Gasteiger partial charge in [-0.25, -0.2) is 22.8 Å². The Morgan fingerprint density at radius 2 is 1.78 bits per heavy atom. The molecule has 1 heterocycles. The molecular weight excluding hydrogens is 449 g/mol. The van der Waals surface area contributed by atoms with Crippen LogP contribution < -0.4 is 15.4 Å². The molecular formula is C20H25F3N4O4S. The molecule has 0 fully saturated rings. The standard InChI is InChI=1S/C20H25F3N4O4S/c1-27(2)8-6-4-3-5-7-24-20(30)25-18-16(19(28)29)17(26-32-18)31-11-13-14(22)9-12(21)10-15(13)23/h9-10H,3-8,11H2,1-2H3,(H,28,29)(H2,24,25,30). The van der Waals surface area contributed by atoms with Crippen LogP contribution in [-0.2, 0) is 6.61 Å². The van der Waals surface area contributed by atoms with Crippen LogP contribution in [0.4, 0.5) is 23.0 Å². The summed E-state index contributed by atoms with van der Waals surface area (Å²) in [6.07, 6.45) is 3.83. The normalized spacial score (nSPS) is 10.9. The molecule has 1 aromatic carbocycles. The van der Waals surface area contributed by atoms with Crippen molar-refractivity contribution in [1.29, 1.82) is 0 Å². The zero-order valence-corrected chi connectivity index (χ0v) is 18.5. The van der Waals surface area contributed by atoms with E-state index in [1.165, 1.54) is 0 Å². The highest BCUT2D eigenvalue weighted by atomic mass is 32.1. The van der Waals surface area contributed by atoms with E-state index in [0.717, 1.165) is 32.2 Å². The summed E-state index contributed by atoms with van der Waals surface area (Å²) in [5, 5.41) is 14.4. The number of carbonyl (C=O) groups excluding carboxylic acids is 1. The summed E-state index contributed by atoms with van der Waals surface area (Å²) >= 11 is 0.652. The molecule has 2 amide bonds. The molecule has 0 radical (unpaired) electrons. The van der Waals surface area contributed by atoms with E-state index in [-0.39, 0.29) is 5.00 Å². The lowest BCUT2D eigenvalue weighted by Crippen LogP contribution is -2.29. The SMILES string of the molecule is CN(C)CCCCCCNC(=O)Nc1snc(OCc2c(F)cc(F)cc2F)c1C(=O)O. The highest BCUT2D eigenvalue weighted by molar-refractivity contribution is 7.11. The summed E-state index contributed by atoms with van der Waals surface area (Å²) in [6, 6.07) is 0.368. The van der Waals surface area contributed by atoms with Crippen molar-refractivity contribution < 1.29 is 32.6 Å². The van der Waals surface area contributed by atoms with Gasteiger partial charge in [-0.1, -0.05) is 12.8 Å². The van der Waals surface area contributed by atoms with Crippen LogP contribution in [0.3, 0.4) is 0 Å². The van der Waals surface area contributed by atoms with Gasteiger partial charge in [0, 0.05) is 18.7 Å². The number of amides is 2. The maximum atomic E-state index is 13.7. The summed E-state index contributed by atoms with van der Waals surface area (Å²) in [6.45, 7) is 0.713. The number of rotatable bonds is 12. The number of anilines is 1. The van der Waals surface area contributed by atoms with Gasteiger partial charge >= 0.3 is 12.0 Å². The third kappa shape index (κ3) is 7.68. The molecule has 176 valence electrons. The number of nitrogens with one attached hydrogen (secondary N) is 2. The first-order valence-corrected chi connectivity index (χ1v) is 10.6. The Balaban J connectivity index is 1.90. The van der Waals surface area contributed by atoms with E-state index in [4.69, 9.17) is 4.74 Å². The third-order valence-corrected chi connectivity index (χ3v) is 5.12. The Labute approximate surface area is 187 Å². The Morgan fingerprint density at radius 1 is 1.12 bits per heavy atom. The van der Waals surface area contributed by atoms with E-state index in [9.17, 15) is 27.9 Å². The molecule has 2 aromatic rings. The fourth-order valence-corrected chi connectivity index (χ4v) is 3.48.